The number of methoxy groups -OCH3 is 2. The van der Waals surface area contributed by atoms with Crippen molar-refractivity contribution < 1.29 is 18.8 Å². The van der Waals surface area contributed by atoms with Gasteiger partial charge in [-0.15, -0.1) is 0 Å². The van der Waals surface area contributed by atoms with Crippen LogP contribution in [0.1, 0.15) is 50.1 Å². The lowest BCUT2D eigenvalue weighted by atomic mass is 9.78. The number of hydrogen-bond donors (Lipinski definition) is 1. The zero-order valence-corrected chi connectivity index (χ0v) is 21.1. The van der Waals surface area contributed by atoms with E-state index in [-0.39, 0.29) is 6.15 Å². The molecule has 3 N–H and O–H groups in total. The molecule has 0 radical (unpaired) electrons. The van der Waals surface area contributed by atoms with E-state index >= 15 is 0 Å². The van der Waals surface area contributed by atoms with Crippen molar-refractivity contribution in [2.45, 2.75) is 51.7 Å². The third-order valence-electron chi connectivity index (χ3n) is 6.69. The van der Waals surface area contributed by atoms with Crippen LogP contribution in [0, 0.1) is 0 Å². The van der Waals surface area contributed by atoms with E-state index in [4.69, 9.17) is 23.8 Å². The van der Waals surface area contributed by atoms with Gasteiger partial charge in [-0.1, -0.05) is 30.3 Å². The molecule has 1 saturated heterocycles. The summed E-state index contributed by atoms with van der Waals surface area (Å²) in [4.78, 5) is 4.87. The Bertz CT molecular complexity index is 1080. The maximum absolute atomic E-state index is 6.28. The van der Waals surface area contributed by atoms with Crippen LogP contribution in [0.15, 0.2) is 60.8 Å². The smallest absolute Gasteiger partial charge is 0.496 e. The summed E-state index contributed by atoms with van der Waals surface area (Å²) >= 11 is 0. The molecule has 1 aliphatic heterocycles. The van der Waals surface area contributed by atoms with Gasteiger partial charge in [-0.05, 0) is 75.1 Å². The van der Waals surface area contributed by atoms with E-state index in [9.17, 15) is 0 Å². The Labute approximate surface area is 203 Å². The van der Waals surface area contributed by atoms with E-state index in [1.54, 1.807) is 14.2 Å². The summed E-state index contributed by atoms with van der Waals surface area (Å²) in [5, 5.41) is 0. The first-order valence-corrected chi connectivity index (χ1v) is 11.3. The summed E-state index contributed by atoms with van der Waals surface area (Å²) in [6.45, 7) is 8.26. The average molecular weight is 462 g/mol. The lowest BCUT2D eigenvalue weighted by Crippen LogP contribution is -2.41. The van der Waals surface area contributed by atoms with Gasteiger partial charge in [0.25, 0.3) is 0 Å². The molecule has 1 fully saturated rings. The predicted octanol–water partition coefficient (Wildman–Crippen LogP) is 4.74. The van der Waals surface area contributed by atoms with Gasteiger partial charge < -0.3 is 24.9 Å². The average Bonchev–Trinajstić information content (AvgIpc) is 3.02. The highest BCUT2D eigenvalue weighted by atomic mass is 16.7. The second-order valence-electron chi connectivity index (χ2n) is 9.51. The molecule has 0 unspecified atom stereocenters. The molecule has 0 bridgehead atoms. The van der Waals surface area contributed by atoms with Crippen molar-refractivity contribution in [3.05, 3.63) is 83.2 Å². The van der Waals surface area contributed by atoms with E-state index in [1.807, 2.05) is 30.5 Å². The van der Waals surface area contributed by atoms with Crippen LogP contribution in [-0.2, 0) is 22.2 Å². The number of hydrogen-bond acceptors (Lipinski definition) is 6. The Morgan fingerprint density at radius 2 is 1.24 bits per heavy atom. The minimum absolute atomic E-state index is 0. The van der Waals surface area contributed by atoms with Crippen molar-refractivity contribution in [3.63, 3.8) is 0 Å². The molecule has 0 saturated carbocycles. The normalized spacial score (nSPS) is 16.1. The zero-order chi connectivity index (χ0) is 23.6. The SMILES string of the molecule is COc1ccc(Cc2cc(B3OC(C)(C)C(C)(C)O3)cnc2Cc2ccc(OC)cc2)cc1.N. The predicted molar refractivity (Wildman–Crippen MR) is 137 cm³/mol. The van der Waals surface area contributed by atoms with Gasteiger partial charge >= 0.3 is 7.12 Å². The van der Waals surface area contributed by atoms with Crippen LogP contribution < -0.4 is 21.1 Å². The molecule has 2 heterocycles. The largest absolute Gasteiger partial charge is 0.497 e. The first-order valence-electron chi connectivity index (χ1n) is 11.3. The Kier molecular flexibility index (Phi) is 7.71. The maximum Gasteiger partial charge on any atom is 0.496 e. The Balaban J connectivity index is 0.00000324. The summed E-state index contributed by atoms with van der Waals surface area (Å²) in [7, 11) is 2.92. The minimum atomic E-state index is -0.438. The highest BCUT2D eigenvalue weighted by Crippen LogP contribution is 2.36. The molecule has 0 spiro atoms. The van der Waals surface area contributed by atoms with Crippen LogP contribution in [0.3, 0.4) is 0 Å². The number of aromatic nitrogens is 1. The third kappa shape index (κ3) is 5.44. The summed E-state index contributed by atoms with van der Waals surface area (Å²) in [6.07, 6.45) is 3.38. The molecule has 0 atom stereocenters. The first kappa shape index (κ1) is 25.8. The van der Waals surface area contributed by atoms with Gasteiger partial charge in [0.05, 0.1) is 25.4 Å². The topological polar surface area (TPSA) is 84.8 Å². The number of nitrogens with zero attached hydrogens (tertiary/aromatic N) is 1. The number of benzene rings is 2. The third-order valence-corrected chi connectivity index (χ3v) is 6.69. The van der Waals surface area contributed by atoms with Gasteiger partial charge in [0, 0.05) is 23.8 Å². The molecular weight excluding hydrogens is 427 g/mol. The van der Waals surface area contributed by atoms with Gasteiger partial charge in [0.2, 0.25) is 0 Å². The van der Waals surface area contributed by atoms with Crippen LogP contribution in [0.5, 0.6) is 11.5 Å². The molecule has 4 rings (SSSR count). The second-order valence-corrected chi connectivity index (χ2v) is 9.51. The summed E-state index contributed by atoms with van der Waals surface area (Å²) in [6, 6.07) is 18.5. The summed E-state index contributed by atoms with van der Waals surface area (Å²) in [5.74, 6) is 1.70. The fraction of sp³-hybridized carbons (Fsp3) is 0.370. The fourth-order valence-electron chi connectivity index (χ4n) is 3.88. The Morgan fingerprint density at radius 1 is 0.765 bits per heavy atom. The van der Waals surface area contributed by atoms with Crippen LogP contribution in [-0.4, -0.2) is 37.5 Å². The maximum atomic E-state index is 6.28. The quantitative estimate of drug-likeness (QED) is 0.511. The van der Waals surface area contributed by atoms with Gasteiger partial charge in [-0.25, -0.2) is 0 Å². The van der Waals surface area contributed by atoms with Crippen molar-refractivity contribution in [1.82, 2.24) is 11.1 Å². The molecule has 1 aliphatic rings. The molecule has 6 nitrogen and oxygen atoms in total. The van der Waals surface area contributed by atoms with Crippen molar-refractivity contribution >= 4 is 12.6 Å². The molecule has 1 aromatic heterocycles. The summed E-state index contributed by atoms with van der Waals surface area (Å²) in [5.41, 5.74) is 4.72. The zero-order valence-electron chi connectivity index (χ0n) is 21.1. The second kappa shape index (κ2) is 10.2. The number of ether oxygens (including phenoxy) is 2. The highest BCUT2D eigenvalue weighted by molar-refractivity contribution is 6.62. The van der Waals surface area contributed by atoms with E-state index in [0.717, 1.165) is 41.1 Å². The van der Waals surface area contributed by atoms with Gasteiger partial charge in [0.15, 0.2) is 0 Å². The van der Waals surface area contributed by atoms with E-state index in [0.29, 0.717) is 0 Å². The van der Waals surface area contributed by atoms with Crippen molar-refractivity contribution in [2.24, 2.45) is 0 Å². The fourth-order valence-corrected chi connectivity index (χ4v) is 3.88. The highest BCUT2D eigenvalue weighted by Gasteiger charge is 2.51. The number of rotatable bonds is 7. The monoisotopic (exact) mass is 462 g/mol. The van der Waals surface area contributed by atoms with Crippen molar-refractivity contribution in [1.29, 1.82) is 0 Å². The van der Waals surface area contributed by atoms with Gasteiger partial charge in [-0.3, -0.25) is 4.98 Å². The Morgan fingerprint density at radius 3 is 1.71 bits per heavy atom. The molecular formula is C27H35BN2O4. The molecule has 34 heavy (non-hydrogen) atoms. The van der Waals surface area contributed by atoms with Crippen LogP contribution >= 0.6 is 0 Å². The van der Waals surface area contributed by atoms with Crippen molar-refractivity contribution in [3.8, 4) is 11.5 Å². The minimum Gasteiger partial charge on any atom is -0.497 e. The summed E-state index contributed by atoms with van der Waals surface area (Å²) < 4.78 is 23.2. The lowest BCUT2D eigenvalue weighted by Gasteiger charge is -2.32. The standard InChI is InChI=1S/C27H32BNO4.H3N/c1-26(2)27(3,4)33-28(32-26)22-17-21(15-19-7-11-23(30-5)12-8-19)25(29-18-22)16-20-9-13-24(31-6)14-10-20;/h7-14,17-18H,15-16H2,1-6H3;1H3. The molecule has 7 heteroatoms. The van der Waals surface area contributed by atoms with Gasteiger partial charge in [0.1, 0.15) is 11.5 Å². The van der Waals surface area contributed by atoms with Crippen LogP contribution in [0.4, 0.5) is 0 Å². The van der Waals surface area contributed by atoms with Gasteiger partial charge in [-0.2, -0.15) is 0 Å². The Hall–Kier alpha value is -2.87. The van der Waals surface area contributed by atoms with E-state index in [2.05, 4.69) is 58.0 Å². The molecule has 0 aliphatic carbocycles. The molecule has 180 valence electrons. The molecule has 3 aromatic rings. The lowest BCUT2D eigenvalue weighted by molar-refractivity contribution is 0.00578. The number of pyridine rings is 1. The molecule has 2 aromatic carbocycles. The van der Waals surface area contributed by atoms with Crippen molar-refractivity contribution in [2.75, 3.05) is 14.2 Å². The van der Waals surface area contributed by atoms with Crippen LogP contribution in [0.25, 0.3) is 0 Å². The van der Waals surface area contributed by atoms with E-state index < -0.39 is 18.3 Å². The molecule has 0 amide bonds. The van der Waals surface area contributed by atoms with E-state index in [1.165, 1.54) is 11.1 Å². The first-order chi connectivity index (χ1) is 15.7. The van der Waals surface area contributed by atoms with Crippen LogP contribution in [0.2, 0.25) is 0 Å².